The summed E-state index contributed by atoms with van der Waals surface area (Å²) in [6, 6.07) is 12.8. The second kappa shape index (κ2) is 5.51. The number of aliphatic hydroxyl groups is 1. The predicted molar refractivity (Wildman–Crippen MR) is 83.9 cm³/mol. The van der Waals surface area contributed by atoms with Gasteiger partial charge in [-0.05, 0) is 43.2 Å². The largest absolute Gasteiger partial charge is 0.388 e. The monoisotopic (exact) mass is 301 g/mol. The quantitative estimate of drug-likeness (QED) is 0.872. The molecule has 1 aliphatic heterocycles. The SMILES string of the molecule is Cc1ccccc1C(=O)N1CCC(O)c2cc(Cl)ccc21. The summed E-state index contributed by atoms with van der Waals surface area (Å²) >= 11 is 6.00. The number of halogens is 1. The van der Waals surface area contributed by atoms with Crippen LogP contribution in [0.1, 0.15) is 34.0 Å². The van der Waals surface area contributed by atoms with Crippen molar-refractivity contribution in [2.45, 2.75) is 19.4 Å². The first-order valence-electron chi connectivity index (χ1n) is 6.93. The van der Waals surface area contributed by atoms with E-state index < -0.39 is 6.10 Å². The van der Waals surface area contributed by atoms with Gasteiger partial charge in [0.15, 0.2) is 0 Å². The molecule has 1 N–H and O–H groups in total. The Hall–Kier alpha value is -1.84. The summed E-state index contributed by atoms with van der Waals surface area (Å²) in [5.41, 5.74) is 3.10. The Morgan fingerprint density at radius 1 is 1.29 bits per heavy atom. The van der Waals surface area contributed by atoms with E-state index in [0.717, 1.165) is 16.8 Å². The zero-order valence-corrected chi connectivity index (χ0v) is 12.5. The van der Waals surface area contributed by atoms with Gasteiger partial charge in [-0.3, -0.25) is 4.79 Å². The van der Waals surface area contributed by atoms with Crippen molar-refractivity contribution in [1.82, 2.24) is 0 Å². The van der Waals surface area contributed by atoms with Gasteiger partial charge in [0.1, 0.15) is 0 Å². The molecule has 0 radical (unpaired) electrons. The van der Waals surface area contributed by atoms with Gasteiger partial charge in [-0.15, -0.1) is 0 Å². The molecule has 0 saturated carbocycles. The summed E-state index contributed by atoms with van der Waals surface area (Å²) in [6.07, 6.45) is -0.0510. The molecule has 0 aliphatic carbocycles. The summed E-state index contributed by atoms with van der Waals surface area (Å²) in [5.74, 6) is -0.0384. The van der Waals surface area contributed by atoms with Crippen molar-refractivity contribution in [3.8, 4) is 0 Å². The third-order valence-corrected chi connectivity index (χ3v) is 4.12. The second-order valence-corrected chi connectivity index (χ2v) is 5.72. The van der Waals surface area contributed by atoms with Gasteiger partial charge >= 0.3 is 0 Å². The summed E-state index contributed by atoms with van der Waals surface area (Å²) in [7, 11) is 0. The molecule has 1 amide bonds. The minimum atomic E-state index is -0.570. The summed E-state index contributed by atoms with van der Waals surface area (Å²) in [4.78, 5) is 14.5. The Morgan fingerprint density at radius 2 is 2.05 bits per heavy atom. The van der Waals surface area contributed by atoms with E-state index in [-0.39, 0.29) is 5.91 Å². The zero-order valence-electron chi connectivity index (χ0n) is 11.7. The fourth-order valence-corrected chi connectivity index (χ4v) is 2.92. The highest BCUT2D eigenvalue weighted by Crippen LogP contribution is 2.36. The number of hydrogen-bond acceptors (Lipinski definition) is 2. The third kappa shape index (κ3) is 2.55. The van der Waals surface area contributed by atoms with Crippen LogP contribution in [0, 0.1) is 6.92 Å². The van der Waals surface area contributed by atoms with Gasteiger partial charge in [-0.25, -0.2) is 0 Å². The van der Waals surface area contributed by atoms with Crippen LogP contribution in [-0.2, 0) is 0 Å². The number of rotatable bonds is 1. The number of hydrogen-bond donors (Lipinski definition) is 1. The molecule has 1 atom stereocenters. The van der Waals surface area contributed by atoms with Crippen molar-refractivity contribution in [3.05, 3.63) is 64.2 Å². The fraction of sp³-hybridized carbons (Fsp3) is 0.235. The van der Waals surface area contributed by atoms with Gasteiger partial charge < -0.3 is 10.0 Å². The maximum Gasteiger partial charge on any atom is 0.258 e. The molecule has 0 saturated heterocycles. The van der Waals surface area contributed by atoms with E-state index in [1.165, 1.54) is 0 Å². The standard InChI is InChI=1S/C17H16ClNO2/c1-11-4-2-3-5-13(11)17(21)19-9-8-16(20)14-10-12(18)6-7-15(14)19/h2-7,10,16,20H,8-9H2,1H3. The van der Waals surface area contributed by atoms with Crippen molar-refractivity contribution in [2.24, 2.45) is 0 Å². The smallest absolute Gasteiger partial charge is 0.258 e. The average Bonchev–Trinajstić information content (AvgIpc) is 2.48. The number of carbonyl (C=O) groups is 1. The van der Waals surface area contributed by atoms with Crippen molar-refractivity contribution < 1.29 is 9.90 Å². The molecule has 3 nitrogen and oxygen atoms in total. The lowest BCUT2D eigenvalue weighted by atomic mass is 9.97. The van der Waals surface area contributed by atoms with Crippen LogP contribution in [0.25, 0.3) is 0 Å². The highest BCUT2D eigenvalue weighted by atomic mass is 35.5. The molecule has 1 heterocycles. The van der Waals surface area contributed by atoms with Crippen LogP contribution < -0.4 is 4.90 Å². The Balaban J connectivity index is 2.03. The first-order chi connectivity index (χ1) is 10.1. The number of aryl methyl sites for hydroxylation is 1. The molecule has 2 aromatic rings. The molecular formula is C17H16ClNO2. The second-order valence-electron chi connectivity index (χ2n) is 5.28. The minimum absolute atomic E-state index is 0.0384. The molecule has 1 unspecified atom stereocenters. The normalized spacial score (nSPS) is 17.5. The van der Waals surface area contributed by atoms with Crippen LogP contribution >= 0.6 is 11.6 Å². The number of fused-ring (bicyclic) bond motifs is 1. The molecular weight excluding hydrogens is 286 g/mol. The van der Waals surface area contributed by atoms with Crippen molar-refractivity contribution >= 4 is 23.2 Å². The van der Waals surface area contributed by atoms with E-state index in [4.69, 9.17) is 11.6 Å². The van der Waals surface area contributed by atoms with Gasteiger partial charge in [0.25, 0.3) is 5.91 Å². The molecule has 0 aromatic heterocycles. The van der Waals surface area contributed by atoms with Gasteiger partial charge in [0.2, 0.25) is 0 Å². The molecule has 3 rings (SSSR count). The minimum Gasteiger partial charge on any atom is -0.388 e. The molecule has 108 valence electrons. The van der Waals surface area contributed by atoms with Gasteiger partial charge in [-0.1, -0.05) is 29.8 Å². The van der Waals surface area contributed by atoms with Crippen LogP contribution in [0.2, 0.25) is 5.02 Å². The van der Waals surface area contributed by atoms with Crippen LogP contribution in [0.4, 0.5) is 5.69 Å². The number of carbonyl (C=O) groups excluding carboxylic acids is 1. The topological polar surface area (TPSA) is 40.5 Å². The molecule has 2 aromatic carbocycles. The zero-order chi connectivity index (χ0) is 15.0. The van der Waals surface area contributed by atoms with E-state index in [1.807, 2.05) is 31.2 Å². The molecule has 0 spiro atoms. The third-order valence-electron chi connectivity index (χ3n) is 3.89. The van der Waals surface area contributed by atoms with Crippen molar-refractivity contribution in [3.63, 3.8) is 0 Å². The predicted octanol–water partition coefficient (Wildman–Crippen LogP) is 3.73. The lowest BCUT2D eigenvalue weighted by Gasteiger charge is -2.32. The number of amides is 1. The lowest BCUT2D eigenvalue weighted by molar-refractivity contribution is 0.0970. The lowest BCUT2D eigenvalue weighted by Crippen LogP contribution is -2.37. The first kappa shape index (κ1) is 14.1. The van der Waals surface area contributed by atoms with Crippen LogP contribution in [-0.4, -0.2) is 17.6 Å². The Bertz CT molecular complexity index is 699. The Labute approximate surface area is 128 Å². The van der Waals surface area contributed by atoms with Crippen LogP contribution in [0.15, 0.2) is 42.5 Å². The Morgan fingerprint density at radius 3 is 2.81 bits per heavy atom. The van der Waals surface area contributed by atoms with Gasteiger partial charge in [-0.2, -0.15) is 0 Å². The van der Waals surface area contributed by atoms with Gasteiger partial charge in [0.05, 0.1) is 6.10 Å². The van der Waals surface area contributed by atoms with Crippen molar-refractivity contribution in [1.29, 1.82) is 0 Å². The van der Waals surface area contributed by atoms with Gasteiger partial charge in [0, 0.05) is 28.4 Å². The summed E-state index contributed by atoms with van der Waals surface area (Å²) in [6.45, 7) is 2.43. The average molecular weight is 302 g/mol. The van der Waals surface area contributed by atoms with Crippen LogP contribution in [0.5, 0.6) is 0 Å². The number of anilines is 1. The molecule has 1 aliphatic rings. The molecule has 4 heteroatoms. The van der Waals surface area contributed by atoms with E-state index in [9.17, 15) is 9.90 Å². The van der Waals surface area contributed by atoms with E-state index >= 15 is 0 Å². The Kier molecular flexibility index (Phi) is 3.70. The van der Waals surface area contributed by atoms with E-state index in [0.29, 0.717) is 23.6 Å². The number of benzene rings is 2. The maximum absolute atomic E-state index is 12.8. The summed E-state index contributed by atoms with van der Waals surface area (Å²) in [5, 5.41) is 10.7. The van der Waals surface area contributed by atoms with Crippen molar-refractivity contribution in [2.75, 3.05) is 11.4 Å². The maximum atomic E-state index is 12.8. The first-order valence-corrected chi connectivity index (χ1v) is 7.31. The highest BCUT2D eigenvalue weighted by Gasteiger charge is 2.28. The van der Waals surface area contributed by atoms with E-state index in [1.54, 1.807) is 23.1 Å². The molecule has 0 fully saturated rings. The van der Waals surface area contributed by atoms with E-state index in [2.05, 4.69) is 0 Å². The molecule has 21 heavy (non-hydrogen) atoms. The number of aliphatic hydroxyl groups excluding tert-OH is 1. The number of nitrogens with zero attached hydrogens (tertiary/aromatic N) is 1. The fourth-order valence-electron chi connectivity index (χ4n) is 2.73. The van der Waals surface area contributed by atoms with Crippen LogP contribution in [0.3, 0.4) is 0 Å². The highest BCUT2D eigenvalue weighted by molar-refractivity contribution is 6.30. The molecule has 0 bridgehead atoms. The summed E-state index contributed by atoms with van der Waals surface area (Å²) < 4.78 is 0.